The van der Waals surface area contributed by atoms with E-state index in [0.717, 1.165) is 103 Å². The van der Waals surface area contributed by atoms with Crippen LogP contribution >= 0.6 is 0 Å². The highest BCUT2D eigenvalue weighted by Crippen LogP contribution is 2.16. The molecule has 0 aliphatic heterocycles. The fourth-order valence-corrected chi connectivity index (χ4v) is 7.93. The van der Waals surface area contributed by atoms with Gasteiger partial charge in [0.15, 0.2) is 6.10 Å². The molecule has 0 aliphatic carbocycles. The molecule has 0 aliphatic rings. The molecule has 0 radical (unpaired) electrons. The smallest absolute Gasteiger partial charge is 0.306 e. The molecule has 0 rings (SSSR count). The molecule has 386 valence electrons. The van der Waals surface area contributed by atoms with Gasteiger partial charge in [-0.15, -0.1) is 0 Å². The van der Waals surface area contributed by atoms with Crippen LogP contribution in [0.4, 0.5) is 0 Å². The molecule has 0 saturated heterocycles. The molecule has 0 saturated carbocycles. The van der Waals surface area contributed by atoms with E-state index in [1.165, 1.54) is 135 Å². The molecule has 0 N–H and O–H groups in total. The topological polar surface area (TPSA) is 78.9 Å². The maximum Gasteiger partial charge on any atom is 0.306 e. The summed E-state index contributed by atoms with van der Waals surface area (Å²) < 4.78 is 16.8. The van der Waals surface area contributed by atoms with Gasteiger partial charge in [-0.05, 0) is 89.9 Å². The summed E-state index contributed by atoms with van der Waals surface area (Å²) in [4.78, 5) is 38.1. The zero-order valence-corrected chi connectivity index (χ0v) is 44.2. The Morgan fingerprint density at radius 2 is 0.582 bits per heavy atom. The lowest BCUT2D eigenvalue weighted by molar-refractivity contribution is -0.167. The summed E-state index contributed by atoms with van der Waals surface area (Å²) in [5.74, 6) is -0.922. The predicted molar refractivity (Wildman–Crippen MR) is 288 cm³/mol. The van der Waals surface area contributed by atoms with E-state index in [0.29, 0.717) is 12.8 Å². The first-order valence-electron chi connectivity index (χ1n) is 28.4. The molecule has 0 aromatic rings. The van der Waals surface area contributed by atoms with Crippen LogP contribution in [0.15, 0.2) is 72.9 Å². The van der Waals surface area contributed by atoms with E-state index in [1.807, 2.05) is 0 Å². The summed E-state index contributed by atoms with van der Waals surface area (Å²) in [6, 6.07) is 0. The van der Waals surface area contributed by atoms with Crippen molar-refractivity contribution in [2.24, 2.45) is 0 Å². The molecule has 0 aromatic heterocycles. The van der Waals surface area contributed by atoms with Crippen molar-refractivity contribution in [1.29, 1.82) is 0 Å². The summed E-state index contributed by atoms with van der Waals surface area (Å²) in [6.45, 7) is 6.50. The summed E-state index contributed by atoms with van der Waals surface area (Å²) in [5.41, 5.74) is 0. The van der Waals surface area contributed by atoms with Crippen LogP contribution in [0.25, 0.3) is 0 Å². The van der Waals surface area contributed by atoms with Gasteiger partial charge in [0.05, 0.1) is 0 Å². The van der Waals surface area contributed by atoms with Crippen molar-refractivity contribution in [3.8, 4) is 0 Å². The van der Waals surface area contributed by atoms with Crippen molar-refractivity contribution in [2.75, 3.05) is 13.2 Å². The maximum absolute atomic E-state index is 12.8. The Balaban J connectivity index is 4.43. The molecule has 1 atom stereocenters. The highest BCUT2D eigenvalue weighted by atomic mass is 16.6. The number of esters is 3. The average molecular weight is 936 g/mol. The Morgan fingerprint density at radius 1 is 0.313 bits per heavy atom. The van der Waals surface area contributed by atoms with Crippen LogP contribution < -0.4 is 0 Å². The van der Waals surface area contributed by atoms with E-state index < -0.39 is 6.10 Å². The second-order valence-electron chi connectivity index (χ2n) is 18.8. The monoisotopic (exact) mass is 935 g/mol. The zero-order valence-electron chi connectivity index (χ0n) is 44.2. The largest absolute Gasteiger partial charge is 0.462 e. The summed E-state index contributed by atoms with van der Waals surface area (Å²) >= 11 is 0. The van der Waals surface area contributed by atoms with E-state index in [-0.39, 0.29) is 37.5 Å². The van der Waals surface area contributed by atoms with Gasteiger partial charge >= 0.3 is 17.9 Å². The van der Waals surface area contributed by atoms with Gasteiger partial charge in [0, 0.05) is 19.3 Å². The van der Waals surface area contributed by atoms with Gasteiger partial charge in [0.1, 0.15) is 13.2 Å². The quantitative estimate of drug-likeness (QED) is 0.0262. The van der Waals surface area contributed by atoms with E-state index in [1.54, 1.807) is 0 Å². The van der Waals surface area contributed by atoms with Crippen LogP contribution in [0.3, 0.4) is 0 Å². The minimum absolute atomic E-state index is 0.0892. The average Bonchev–Trinajstić information content (AvgIpc) is 3.33. The first kappa shape index (κ1) is 63.8. The first-order chi connectivity index (χ1) is 33.0. The number of hydrogen-bond donors (Lipinski definition) is 0. The van der Waals surface area contributed by atoms with E-state index in [4.69, 9.17) is 14.2 Å². The molecule has 0 spiro atoms. The van der Waals surface area contributed by atoms with Crippen LogP contribution in [0.5, 0.6) is 0 Å². The molecule has 0 heterocycles. The fraction of sp³-hybridized carbons (Fsp3) is 0.754. The van der Waals surface area contributed by atoms with Crippen molar-refractivity contribution in [3.63, 3.8) is 0 Å². The van der Waals surface area contributed by atoms with Gasteiger partial charge in [0.25, 0.3) is 0 Å². The van der Waals surface area contributed by atoms with Gasteiger partial charge < -0.3 is 14.2 Å². The van der Waals surface area contributed by atoms with E-state index in [2.05, 4.69) is 93.7 Å². The van der Waals surface area contributed by atoms with Gasteiger partial charge in [0.2, 0.25) is 0 Å². The third-order valence-corrected chi connectivity index (χ3v) is 12.2. The highest BCUT2D eigenvalue weighted by Gasteiger charge is 2.19. The van der Waals surface area contributed by atoms with Crippen LogP contribution in [0.1, 0.15) is 278 Å². The second-order valence-corrected chi connectivity index (χ2v) is 18.8. The first-order valence-corrected chi connectivity index (χ1v) is 28.4. The van der Waals surface area contributed by atoms with Crippen molar-refractivity contribution < 1.29 is 28.6 Å². The molecule has 6 nitrogen and oxygen atoms in total. The molecule has 67 heavy (non-hydrogen) atoms. The summed E-state index contributed by atoms with van der Waals surface area (Å²) in [6.07, 6.45) is 70.3. The Bertz CT molecular complexity index is 1260. The van der Waals surface area contributed by atoms with Crippen LogP contribution in [-0.2, 0) is 28.6 Å². The molecule has 0 fully saturated rings. The SMILES string of the molecule is CC/C=C\C/C=C\C/C=C\C/C=C\C/C=C\CCCCCC(=O)O[C@H](COC(=O)CCCCCCC/C=C\CCCCCC)COC(=O)CCCCCCCCCCCCCCCCCCC. The summed E-state index contributed by atoms with van der Waals surface area (Å²) in [5, 5.41) is 0. The highest BCUT2D eigenvalue weighted by molar-refractivity contribution is 5.71. The standard InChI is InChI=1S/C61H106O6/c1-4-7-10-13-16-19-22-25-27-29-30-32-34-37-40-43-46-49-52-55-61(64)67-58(56-65-59(62)53-50-47-44-41-38-35-24-21-18-15-12-9-6-3)57-66-60(63)54-51-48-45-42-39-36-33-31-28-26-23-20-17-14-11-8-5-2/h7,10,16,19,21,24-25,27,30,32,37,40,58H,4-6,8-9,11-15,17-18,20,22-23,26,28-29,31,33-36,38-39,41-57H2,1-3H3/b10-7-,19-16-,24-21-,27-25-,32-30-,40-37-/t58-/m1/s1. The van der Waals surface area contributed by atoms with Crippen molar-refractivity contribution in [3.05, 3.63) is 72.9 Å². The van der Waals surface area contributed by atoms with Gasteiger partial charge in [-0.25, -0.2) is 0 Å². The van der Waals surface area contributed by atoms with Crippen molar-refractivity contribution in [2.45, 2.75) is 284 Å². The number of hydrogen-bond acceptors (Lipinski definition) is 6. The van der Waals surface area contributed by atoms with Crippen LogP contribution in [-0.4, -0.2) is 37.2 Å². The Labute approximate surface area is 414 Å². The number of allylic oxidation sites excluding steroid dienone is 12. The second kappa shape index (κ2) is 55.4. The van der Waals surface area contributed by atoms with Gasteiger partial charge in [-0.2, -0.15) is 0 Å². The number of rotatable bonds is 51. The Kier molecular flexibility index (Phi) is 52.8. The number of carbonyl (C=O) groups is 3. The molecule has 0 bridgehead atoms. The van der Waals surface area contributed by atoms with Crippen LogP contribution in [0, 0.1) is 0 Å². The normalized spacial score (nSPS) is 12.6. The minimum atomic E-state index is -0.794. The third-order valence-electron chi connectivity index (χ3n) is 12.2. The lowest BCUT2D eigenvalue weighted by Gasteiger charge is -2.18. The maximum atomic E-state index is 12.8. The van der Waals surface area contributed by atoms with Crippen molar-refractivity contribution >= 4 is 17.9 Å². The van der Waals surface area contributed by atoms with E-state index in [9.17, 15) is 14.4 Å². The van der Waals surface area contributed by atoms with Crippen LogP contribution in [0.2, 0.25) is 0 Å². The lowest BCUT2D eigenvalue weighted by atomic mass is 10.0. The summed E-state index contributed by atoms with van der Waals surface area (Å²) in [7, 11) is 0. The zero-order chi connectivity index (χ0) is 48.6. The van der Waals surface area contributed by atoms with Crippen molar-refractivity contribution in [1.82, 2.24) is 0 Å². The molecule has 0 amide bonds. The van der Waals surface area contributed by atoms with Gasteiger partial charge in [-0.1, -0.05) is 241 Å². The number of ether oxygens (including phenoxy) is 3. The molecule has 6 heteroatoms. The molecule has 0 unspecified atom stereocenters. The fourth-order valence-electron chi connectivity index (χ4n) is 7.93. The third kappa shape index (κ3) is 53.7. The number of carbonyl (C=O) groups excluding carboxylic acids is 3. The number of unbranched alkanes of at least 4 members (excludes halogenated alkanes) is 28. The Morgan fingerprint density at radius 3 is 0.955 bits per heavy atom. The predicted octanol–water partition coefficient (Wildman–Crippen LogP) is 19.0. The van der Waals surface area contributed by atoms with Gasteiger partial charge in [-0.3, -0.25) is 14.4 Å². The molecular weight excluding hydrogens is 829 g/mol. The minimum Gasteiger partial charge on any atom is -0.462 e. The molecule has 0 aromatic carbocycles. The van der Waals surface area contributed by atoms with E-state index >= 15 is 0 Å². The lowest BCUT2D eigenvalue weighted by Crippen LogP contribution is -2.30. The Hall–Kier alpha value is -3.15. The molecular formula is C61H106O6.